The third-order valence-electron chi connectivity index (χ3n) is 18.7. The van der Waals surface area contributed by atoms with Crippen molar-refractivity contribution >= 4 is 11.1 Å². The van der Waals surface area contributed by atoms with Gasteiger partial charge in [0.25, 0.3) is 0 Å². The zero-order chi connectivity index (χ0) is 47.7. The summed E-state index contributed by atoms with van der Waals surface area (Å²) in [5.74, 6) is 3.93. The van der Waals surface area contributed by atoms with E-state index in [1.807, 2.05) is 0 Å². The van der Waals surface area contributed by atoms with Crippen molar-refractivity contribution in [3.8, 4) is 0 Å². The van der Waals surface area contributed by atoms with Crippen LogP contribution >= 0.6 is 0 Å². The lowest BCUT2D eigenvalue weighted by atomic mass is 9.55. The minimum atomic E-state index is 0.0692. The predicted molar refractivity (Wildman–Crippen MR) is 292 cm³/mol. The molecule has 10 aliphatic carbocycles. The molecule has 0 heterocycles. The van der Waals surface area contributed by atoms with Crippen molar-refractivity contribution in [1.29, 1.82) is 0 Å². The van der Waals surface area contributed by atoms with Gasteiger partial charge in [0.15, 0.2) is 0 Å². The molecule has 354 valence electrons. The van der Waals surface area contributed by atoms with E-state index >= 15 is 0 Å². The molecule has 0 nitrogen and oxygen atoms in total. The van der Waals surface area contributed by atoms with Gasteiger partial charge in [-0.1, -0.05) is 199 Å². The second kappa shape index (κ2) is 16.6. The number of benzene rings is 1. The Balaban J connectivity index is 1.09. The van der Waals surface area contributed by atoms with Gasteiger partial charge in [-0.2, -0.15) is 0 Å². The van der Waals surface area contributed by atoms with E-state index in [-0.39, 0.29) is 21.7 Å². The quantitative estimate of drug-likeness (QED) is 0.284. The van der Waals surface area contributed by atoms with E-state index in [1.54, 1.807) is 61.3 Å². The fourth-order valence-electron chi connectivity index (χ4n) is 14.4. The molecular formula is C68H82. The summed E-state index contributed by atoms with van der Waals surface area (Å²) >= 11 is 0. The number of fused-ring (bicyclic) bond motifs is 8. The van der Waals surface area contributed by atoms with Gasteiger partial charge in [0.2, 0.25) is 0 Å². The van der Waals surface area contributed by atoms with Gasteiger partial charge in [0.1, 0.15) is 0 Å². The van der Waals surface area contributed by atoms with Crippen molar-refractivity contribution in [1.82, 2.24) is 0 Å². The molecule has 1 aromatic rings. The van der Waals surface area contributed by atoms with Crippen molar-refractivity contribution in [2.75, 3.05) is 0 Å². The summed E-state index contributed by atoms with van der Waals surface area (Å²) in [5.41, 5.74) is 24.2. The van der Waals surface area contributed by atoms with E-state index in [0.29, 0.717) is 53.3 Å². The highest BCUT2D eigenvalue weighted by molar-refractivity contribution is 5.81. The van der Waals surface area contributed by atoms with E-state index < -0.39 is 0 Å². The first kappa shape index (κ1) is 46.0. The summed E-state index contributed by atoms with van der Waals surface area (Å²) in [6.45, 7) is 29.2. The maximum atomic E-state index is 2.87. The molecule has 0 spiro atoms. The highest BCUT2D eigenvalue weighted by atomic mass is 14.5. The van der Waals surface area contributed by atoms with Crippen molar-refractivity contribution < 1.29 is 0 Å². The first-order valence-corrected chi connectivity index (χ1v) is 27.2. The summed E-state index contributed by atoms with van der Waals surface area (Å²) in [5, 5.41) is 0. The summed E-state index contributed by atoms with van der Waals surface area (Å²) in [7, 11) is 0. The second-order valence-electron chi connectivity index (χ2n) is 27.1. The Bertz CT molecular complexity index is 2750. The molecule has 0 radical (unpaired) electrons. The van der Waals surface area contributed by atoms with E-state index in [1.165, 1.54) is 67.2 Å². The largest absolute Gasteiger partial charge is 0.0839 e. The van der Waals surface area contributed by atoms with Crippen LogP contribution in [0.1, 0.15) is 163 Å². The number of hydrogen-bond donors (Lipinski definition) is 0. The standard InChI is InChI=1S/C68H82/c1-65(2,3)47-27-23-45-32-49(67(7,8)9)37-59(56(45)35-47)61-40-64-58-34-43(42-25-29-52-44(31-42)22-21-41-17-13-14-18-51(41)52)26-30-55(58)63(39-62(64)54-20-16-15-19-53(54)61)60-38-50(68(10,11)12)33-46-24-28-48(36-57(46)60)66(4,5)6/h13,15-17,19,23-24,26-28,30-34,37-40,47-48,54,56-57,59-60,62,64H,14,18,20-22,25,29,35-36H2,1-12H3. The maximum absolute atomic E-state index is 2.87. The van der Waals surface area contributed by atoms with Gasteiger partial charge in [-0.3, -0.25) is 0 Å². The Morgan fingerprint density at radius 3 is 1.76 bits per heavy atom. The average Bonchev–Trinajstić information content (AvgIpc) is 3.30. The van der Waals surface area contributed by atoms with Crippen molar-refractivity contribution in [3.63, 3.8) is 0 Å². The highest BCUT2D eigenvalue weighted by Gasteiger charge is 2.47. The monoisotopic (exact) mass is 899 g/mol. The zero-order valence-electron chi connectivity index (χ0n) is 44.0. The summed E-state index contributed by atoms with van der Waals surface area (Å²) < 4.78 is 0. The Morgan fingerprint density at radius 2 is 1.13 bits per heavy atom. The van der Waals surface area contributed by atoms with Crippen molar-refractivity contribution in [2.45, 2.75) is 147 Å². The zero-order valence-corrected chi connectivity index (χ0v) is 44.0. The van der Waals surface area contributed by atoms with Crippen LogP contribution in [0.2, 0.25) is 0 Å². The normalized spacial score (nSPS) is 32.1. The van der Waals surface area contributed by atoms with Crippen LogP contribution in [0.25, 0.3) is 11.1 Å². The molecule has 0 aromatic heterocycles. The number of allylic oxidation sites excluding steroid dienone is 28. The second-order valence-corrected chi connectivity index (χ2v) is 27.1. The Labute approximate surface area is 412 Å². The molecule has 0 amide bonds. The Hall–Kier alpha value is -4.42. The lowest BCUT2D eigenvalue weighted by Gasteiger charge is -2.48. The van der Waals surface area contributed by atoms with E-state index in [9.17, 15) is 0 Å². The fraction of sp³-hybridized carbons (Fsp3) is 0.500. The summed E-state index contributed by atoms with van der Waals surface area (Å²) in [6.07, 6.45) is 52.2. The van der Waals surface area contributed by atoms with Gasteiger partial charge in [0, 0.05) is 17.8 Å². The van der Waals surface area contributed by atoms with Gasteiger partial charge in [-0.15, -0.1) is 0 Å². The molecular weight excluding hydrogens is 817 g/mol. The minimum absolute atomic E-state index is 0.0692. The van der Waals surface area contributed by atoms with Crippen LogP contribution in [-0.2, 0) is 0 Å². The van der Waals surface area contributed by atoms with E-state index in [2.05, 4.69) is 199 Å². The van der Waals surface area contributed by atoms with Gasteiger partial charge >= 0.3 is 0 Å². The molecule has 0 N–H and O–H groups in total. The molecule has 0 aliphatic heterocycles. The van der Waals surface area contributed by atoms with Crippen molar-refractivity contribution in [3.05, 3.63) is 188 Å². The number of rotatable bonds is 3. The molecule has 0 heteroatoms. The minimum Gasteiger partial charge on any atom is -0.0839 e. The predicted octanol–water partition coefficient (Wildman–Crippen LogP) is 18.7. The molecule has 9 atom stereocenters. The number of hydrogen-bond acceptors (Lipinski definition) is 0. The van der Waals surface area contributed by atoms with Crippen LogP contribution in [0, 0.1) is 69.0 Å². The SMILES string of the molecule is CC(C)(C)C1=CC(C2=CC3c4cc(C5=CC6=C(CC5)C5=C(C=CCC5)CC6)ccc4C(C4C=C(C(C)(C)C)C=C5C=CC(C(C)(C)C)CC54)=CC3C3CC=CC=C23)C2CC(C(C)(C)C)C=CC2=C1. The van der Waals surface area contributed by atoms with Gasteiger partial charge in [0.05, 0.1) is 0 Å². The molecule has 0 saturated heterocycles. The maximum Gasteiger partial charge on any atom is 0.00993 e. The van der Waals surface area contributed by atoms with Crippen LogP contribution < -0.4 is 0 Å². The van der Waals surface area contributed by atoms with Crippen LogP contribution in [0.3, 0.4) is 0 Å². The summed E-state index contributed by atoms with van der Waals surface area (Å²) in [4.78, 5) is 0. The molecule has 0 saturated carbocycles. The van der Waals surface area contributed by atoms with Gasteiger partial charge < -0.3 is 0 Å². The van der Waals surface area contributed by atoms with Crippen LogP contribution in [0.4, 0.5) is 0 Å². The lowest BCUT2D eigenvalue weighted by Crippen LogP contribution is -2.37. The van der Waals surface area contributed by atoms with Crippen LogP contribution in [0.15, 0.2) is 171 Å². The Morgan fingerprint density at radius 1 is 0.515 bits per heavy atom. The average molecular weight is 899 g/mol. The molecule has 0 bridgehead atoms. The highest BCUT2D eigenvalue weighted by Crippen LogP contribution is 2.60. The van der Waals surface area contributed by atoms with Crippen LogP contribution in [-0.4, -0.2) is 0 Å². The molecule has 10 aliphatic rings. The third kappa shape index (κ3) is 8.14. The van der Waals surface area contributed by atoms with Crippen molar-refractivity contribution in [2.24, 2.45) is 69.0 Å². The molecule has 68 heavy (non-hydrogen) atoms. The fourth-order valence-corrected chi connectivity index (χ4v) is 14.4. The lowest BCUT2D eigenvalue weighted by molar-refractivity contribution is 0.232. The summed E-state index contributed by atoms with van der Waals surface area (Å²) in [6, 6.07) is 7.91. The van der Waals surface area contributed by atoms with E-state index in [4.69, 9.17) is 0 Å². The molecule has 9 unspecified atom stereocenters. The van der Waals surface area contributed by atoms with Gasteiger partial charge in [-0.05, 0) is 199 Å². The smallest absolute Gasteiger partial charge is 0.00993 e. The van der Waals surface area contributed by atoms with Crippen LogP contribution in [0.5, 0.6) is 0 Å². The topological polar surface area (TPSA) is 0 Å². The molecule has 0 fully saturated rings. The molecule has 1 aromatic carbocycles. The molecule has 11 rings (SSSR count). The third-order valence-corrected chi connectivity index (χ3v) is 18.7. The first-order chi connectivity index (χ1) is 32.2. The first-order valence-electron chi connectivity index (χ1n) is 27.2. The van der Waals surface area contributed by atoms with E-state index in [0.717, 1.165) is 12.8 Å². The Kier molecular flexibility index (Phi) is 11.2. The van der Waals surface area contributed by atoms with Gasteiger partial charge in [-0.25, -0.2) is 0 Å².